The molecule has 0 bridgehead atoms. The van der Waals surface area contributed by atoms with Gasteiger partial charge in [0, 0.05) is 16.7 Å². The first-order valence-electron chi connectivity index (χ1n) is 6.72. The zero-order chi connectivity index (χ0) is 16.9. The molecular weight excluding hydrogens is 327 g/mol. The van der Waals surface area contributed by atoms with Crippen LogP contribution in [-0.4, -0.2) is 24.1 Å². The van der Waals surface area contributed by atoms with Gasteiger partial charge in [0.1, 0.15) is 5.60 Å². The Kier molecular flexibility index (Phi) is 6.45. The Morgan fingerprint density at radius 1 is 1.23 bits per heavy atom. The van der Waals surface area contributed by atoms with E-state index in [1.54, 1.807) is 27.7 Å². The first-order chi connectivity index (χ1) is 10.2. The molecule has 120 valence electrons. The van der Waals surface area contributed by atoms with Crippen molar-refractivity contribution in [3.05, 3.63) is 39.4 Å². The fourth-order valence-corrected chi connectivity index (χ4v) is 2.13. The second-order valence-corrected chi connectivity index (χ2v) is 6.20. The Labute approximate surface area is 140 Å². The summed E-state index contributed by atoms with van der Waals surface area (Å²) in [6, 6.07) is 3.01. The van der Waals surface area contributed by atoms with Gasteiger partial charge < -0.3 is 9.47 Å². The monoisotopic (exact) mass is 344 g/mol. The Morgan fingerprint density at radius 2 is 1.86 bits per heavy atom. The van der Waals surface area contributed by atoms with Crippen molar-refractivity contribution in [3.8, 4) is 0 Å². The zero-order valence-electron chi connectivity index (χ0n) is 12.9. The summed E-state index contributed by atoms with van der Waals surface area (Å²) >= 11 is 12.3. The minimum Gasteiger partial charge on any atom is -0.463 e. The molecular formula is C16H18Cl2O4. The summed E-state index contributed by atoms with van der Waals surface area (Å²) in [6.07, 6.45) is 2.62. The first-order valence-corrected chi connectivity index (χ1v) is 7.47. The molecule has 0 saturated carbocycles. The number of benzene rings is 1. The van der Waals surface area contributed by atoms with Gasteiger partial charge in [-0.2, -0.15) is 0 Å². The summed E-state index contributed by atoms with van der Waals surface area (Å²) in [5, 5.41) is 0.445. The number of carbonyl (C=O) groups excluding carboxylic acids is 2. The van der Waals surface area contributed by atoms with Crippen molar-refractivity contribution in [1.29, 1.82) is 0 Å². The molecule has 1 aromatic rings. The van der Waals surface area contributed by atoms with Gasteiger partial charge in [-0.3, -0.25) is 0 Å². The van der Waals surface area contributed by atoms with E-state index >= 15 is 0 Å². The standard InChI is InChI=1S/C16H18Cl2O4/c1-5-21-13(19)9-7-10-12(17)8-6-11(14(10)18)15(20)22-16(2,3)4/h6-9H,5H2,1-4H3. The summed E-state index contributed by atoms with van der Waals surface area (Å²) in [4.78, 5) is 23.5. The third-order valence-electron chi connectivity index (χ3n) is 2.42. The van der Waals surface area contributed by atoms with Gasteiger partial charge >= 0.3 is 11.9 Å². The molecule has 0 amide bonds. The topological polar surface area (TPSA) is 52.6 Å². The summed E-state index contributed by atoms with van der Waals surface area (Å²) in [7, 11) is 0. The van der Waals surface area contributed by atoms with E-state index in [2.05, 4.69) is 0 Å². The lowest BCUT2D eigenvalue weighted by atomic mass is 10.1. The fourth-order valence-electron chi connectivity index (χ4n) is 1.55. The largest absolute Gasteiger partial charge is 0.463 e. The number of hydrogen-bond acceptors (Lipinski definition) is 4. The van der Waals surface area contributed by atoms with Crippen LogP contribution in [0.15, 0.2) is 18.2 Å². The maximum atomic E-state index is 12.1. The van der Waals surface area contributed by atoms with Gasteiger partial charge in [-0.05, 0) is 45.9 Å². The molecule has 1 aromatic carbocycles. The summed E-state index contributed by atoms with van der Waals surface area (Å²) in [5.41, 5.74) is -0.0923. The van der Waals surface area contributed by atoms with Crippen LogP contribution in [0.3, 0.4) is 0 Å². The molecule has 0 aliphatic rings. The van der Waals surface area contributed by atoms with Crippen molar-refractivity contribution < 1.29 is 19.1 Å². The van der Waals surface area contributed by atoms with Crippen LogP contribution in [-0.2, 0) is 14.3 Å². The van der Waals surface area contributed by atoms with Gasteiger partial charge in [0.15, 0.2) is 0 Å². The van der Waals surface area contributed by atoms with Crippen LogP contribution in [0, 0.1) is 0 Å². The lowest BCUT2D eigenvalue weighted by molar-refractivity contribution is -0.137. The third-order valence-corrected chi connectivity index (χ3v) is 3.15. The number of hydrogen-bond donors (Lipinski definition) is 0. The highest BCUT2D eigenvalue weighted by atomic mass is 35.5. The summed E-state index contributed by atoms with van der Waals surface area (Å²) in [5.74, 6) is -1.07. The molecule has 0 aliphatic carbocycles. The van der Waals surface area contributed by atoms with Gasteiger partial charge in [-0.1, -0.05) is 23.2 Å². The molecule has 0 spiro atoms. The van der Waals surface area contributed by atoms with Crippen LogP contribution in [0.5, 0.6) is 0 Å². The molecule has 6 heteroatoms. The highest BCUT2D eigenvalue weighted by Crippen LogP contribution is 2.30. The SMILES string of the molecule is CCOC(=O)C=Cc1c(Cl)ccc(C(=O)OC(C)(C)C)c1Cl. The van der Waals surface area contributed by atoms with E-state index in [4.69, 9.17) is 32.7 Å². The maximum Gasteiger partial charge on any atom is 0.340 e. The van der Waals surface area contributed by atoms with E-state index in [-0.39, 0.29) is 17.2 Å². The molecule has 0 atom stereocenters. The van der Waals surface area contributed by atoms with Crippen LogP contribution in [0.4, 0.5) is 0 Å². The lowest BCUT2D eigenvalue weighted by Gasteiger charge is -2.20. The number of rotatable bonds is 4. The van der Waals surface area contributed by atoms with E-state index in [0.29, 0.717) is 10.6 Å². The number of ether oxygens (including phenoxy) is 2. The third kappa shape index (κ3) is 5.35. The van der Waals surface area contributed by atoms with Crippen LogP contribution in [0.1, 0.15) is 43.6 Å². The van der Waals surface area contributed by atoms with E-state index in [1.165, 1.54) is 24.3 Å². The number of esters is 2. The van der Waals surface area contributed by atoms with Gasteiger partial charge in [0.05, 0.1) is 17.2 Å². The average Bonchev–Trinajstić information content (AvgIpc) is 2.36. The van der Waals surface area contributed by atoms with E-state index in [1.807, 2.05) is 0 Å². The van der Waals surface area contributed by atoms with Crippen LogP contribution < -0.4 is 0 Å². The molecule has 4 nitrogen and oxygen atoms in total. The Hall–Kier alpha value is -1.52. The Morgan fingerprint density at radius 3 is 2.41 bits per heavy atom. The molecule has 22 heavy (non-hydrogen) atoms. The van der Waals surface area contributed by atoms with Gasteiger partial charge in [0.25, 0.3) is 0 Å². The minimum atomic E-state index is -0.638. The molecule has 1 rings (SSSR count). The van der Waals surface area contributed by atoms with Crippen molar-refractivity contribution in [2.75, 3.05) is 6.61 Å². The molecule has 0 heterocycles. The van der Waals surface area contributed by atoms with E-state index < -0.39 is 17.5 Å². The highest BCUT2D eigenvalue weighted by Gasteiger charge is 2.21. The van der Waals surface area contributed by atoms with Crippen molar-refractivity contribution in [2.45, 2.75) is 33.3 Å². The lowest BCUT2D eigenvalue weighted by Crippen LogP contribution is -2.24. The second-order valence-electron chi connectivity index (χ2n) is 5.41. The van der Waals surface area contributed by atoms with Gasteiger partial charge in [0.2, 0.25) is 0 Å². The minimum absolute atomic E-state index is 0.127. The van der Waals surface area contributed by atoms with Gasteiger partial charge in [-0.25, -0.2) is 9.59 Å². The van der Waals surface area contributed by atoms with Crippen molar-refractivity contribution >= 4 is 41.2 Å². The summed E-state index contributed by atoms with van der Waals surface area (Å²) in [6.45, 7) is 7.25. The fraction of sp³-hybridized carbons (Fsp3) is 0.375. The highest BCUT2D eigenvalue weighted by molar-refractivity contribution is 6.39. The van der Waals surface area contributed by atoms with Gasteiger partial charge in [-0.15, -0.1) is 0 Å². The molecule has 0 saturated heterocycles. The zero-order valence-corrected chi connectivity index (χ0v) is 14.4. The van der Waals surface area contributed by atoms with Crippen LogP contribution in [0.2, 0.25) is 10.0 Å². The molecule has 0 aliphatic heterocycles. The van der Waals surface area contributed by atoms with Crippen molar-refractivity contribution in [2.24, 2.45) is 0 Å². The Balaban J connectivity index is 3.13. The molecule has 0 N–H and O–H groups in total. The smallest absolute Gasteiger partial charge is 0.340 e. The van der Waals surface area contributed by atoms with E-state index in [0.717, 1.165) is 0 Å². The average molecular weight is 345 g/mol. The second kappa shape index (κ2) is 7.65. The number of carbonyl (C=O) groups is 2. The predicted molar refractivity (Wildman–Crippen MR) is 87.3 cm³/mol. The molecule has 0 unspecified atom stereocenters. The summed E-state index contributed by atoms with van der Waals surface area (Å²) < 4.78 is 10.1. The number of halogens is 2. The Bertz CT molecular complexity index is 601. The first kappa shape index (κ1) is 18.5. The van der Waals surface area contributed by atoms with E-state index in [9.17, 15) is 9.59 Å². The van der Waals surface area contributed by atoms with Crippen LogP contribution >= 0.6 is 23.2 Å². The molecule has 0 radical (unpaired) electrons. The van der Waals surface area contributed by atoms with Crippen molar-refractivity contribution in [3.63, 3.8) is 0 Å². The van der Waals surface area contributed by atoms with Crippen molar-refractivity contribution in [1.82, 2.24) is 0 Å². The van der Waals surface area contributed by atoms with Crippen LogP contribution in [0.25, 0.3) is 6.08 Å². The maximum absolute atomic E-state index is 12.1. The predicted octanol–water partition coefficient (Wildman–Crippen LogP) is 4.53. The molecule has 0 fully saturated rings. The normalized spacial score (nSPS) is 11.5. The quantitative estimate of drug-likeness (QED) is 0.594. The molecule has 0 aromatic heterocycles.